The number of esters is 1. The first-order chi connectivity index (χ1) is 14.5. The van der Waals surface area contributed by atoms with Crippen molar-refractivity contribution in [3.8, 4) is 11.5 Å². The fraction of sp³-hybridized carbons (Fsp3) is 0.263. The number of hydrogen-bond donors (Lipinski definition) is 1. The van der Waals surface area contributed by atoms with E-state index in [1.165, 1.54) is 12.1 Å². The van der Waals surface area contributed by atoms with E-state index in [4.69, 9.17) is 16.3 Å². The van der Waals surface area contributed by atoms with Gasteiger partial charge in [0.15, 0.2) is 0 Å². The highest BCUT2D eigenvalue weighted by atomic mass is 35.5. The van der Waals surface area contributed by atoms with Crippen molar-refractivity contribution in [1.82, 2.24) is 5.32 Å². The Labute approximate surface area is 179 Å². The van der Waals surface area contributed by atoms with Crippen molar-refractivity contribution in [3.63, 3.8) is 0 Å². The highest BCUT2D eigenvalue weighted by Crippen LogP contribution is 2.37. The van der Waals surface area contributed by atoms with Crippen molar-refractivity contribution in [3.05, 3.63) is 62.7 Å². The van der Waals surface area contributed by atoms with Crippen LogP contribution in [0.3, 0.4) is 0 Å². The molecule has 0 atom stereocenters. The van der Waals surface area contributed by atoms with E-state index in [1.54, 1.807) is 6.92 Å². The van der Waals surface area contributed by atoms with Crippen LogP contribution in [0.2, 0.25) is 5.02 Å². The summed E-state index contributed by atoms with van der Waals surface area (Å²) in [6, 6.07) is 5.96. The molecule has 0 aromatic heterocycles. The first-order valence-electron chi connectivity index (χ1n) is 8.75. The Morgan fingerprint density at radius 1 is 1.19 bits per heavy atom. The number of alkyl halides is 3. The summed E-state index contributed by atoms with van der Waals surface area (Å²) in [5, 5.41) is 13.2. The number of ether oxygens (including phenoxy) is 2. The first kappa shape index (κ1) is 23.9. The second kappa shape index (κ2) is 10.1. The molecule has 0 spiro atoms. The number of amides is 1. The van der Waals surface area contributed by atoms with E-state index in [0.717, 1.165) is 18.2 Å². The molecule has 31 heavy (non-hydrogen) atoms. The van der Waals surface area contributed by atoms with Gasteiger partial charge in [-0.2, -0.15) is 13.2 Å². The predicted octanol–water partition coefficient (Wildman–Crippen LogP) is 4.28. The Hall–Kier alpha value is -3.34. The molecular formula is C19H16ClF3N2O6. The summed E-state index contributed by atoms with van der Waals surface area (Å²) in [5.41, 5.74) is -1.38. The Bertz CT molecular complexity index is 997. The lowest BCUT2D eigenvalue weighted by molar-refractivity contribution is -0.385. The van der Waals surface area contributed by atoms with Gasteiger partial charge in [-0.25, -0.2) is 0 Å². The van der Waals surface area contributed by atoms with Crippen molar-refractivity contribution >= 4 is 29.2 Å². The highest BCUT2D eigenvalue weighted by Gasteiger charge is 2.31. The molecule has 0 fully saturated rings. The fourth-order valence-corrected chi connectivity index (χ4v) is 2.67. The molecule has 0 aliphatic rings. The smallest absolute Gasteiger partial charge is 0.416 e. The van der Waals surface area contributed by atoms with Gasteiger partial charge in [-0.15, -0.1) is 0 Å². The minimum absolute atomic E-state index is 0.0143. The molecule has 0 saturated heterocycles. The average molecular weight is 461 g/mol. The lowest BCUT2D eigenvalue weighted by Crippen LogP contribution is -2.31. The van der Waals surface area contributed by atoms with Gasteiger partial charge in [0.2, 0.25) is 5.91 Å². The van der Waals surface area contributed by atoms with Gasteiger partial charge < -0.3 is 14.8 Å². The van der Waals surface area contributed by atoms with Crippen LogP contribution in [0.5, 0.6) is 11.5 Å². The molecule has 12 heteroatoms. The molecule has 8 nitrogen and oxygen atoms in total. The zero-order chi connectivity index (χ0) is 23.2. The molecule has 2 rings (SSSR count). The van der Waals surface area contributed by atoms with Gasteiger partial charge in [0, 0.05) is 11.6 Å². The summed E-state index contributed by atoms with van der Waals surface area (Å²) in [4.78, 5) is 33.9. The van der Waals surface area contributed by atoms with Crippen molar-refractivity contribution < 1.29 is 37.2 Å². The van der Waals surface area contributed by atoms with Crippen LogP contribution in [-0.4, -0.2) is 30.0 Å². The van der Waals surface area contributed by atoms with Gasteiger partial charge in [0.25, 0.3) is 5.69 Å². The predicted molar refractivity (Wildman–Crippen MR) is 103 cm³/mol. The summed E-state index contributed by atoms with van der Waals surface area (Å²) >= 11 is 5.85. The molecule has 166 valence electrons. The Morgan fingerprint density at radius 3 is 2.48 bits per heavy atom. The third-order valence-corrected chi connectivity index (χ3v) is 4.12. The number of hydrogen-bond acceptors (Lipinski definition) is 6. The Kier molecular flexibility index (Phi) is 7.81. The van der Waals surface area contributed by atoms with Crippen LogP contribution in [0.4, 0.5) is 18.9 Å². The third kappa shape index (κ3) is 6.85. The molecule has 2 aromatic rings. The van der Waals surface area contributed by atoms with E-state index in [0.29, 0.717) is 6.07 Å². The lowest BCUT2D eigenvalue weighted by Gasteiger charge is -2.12. The van der Waals surface area contributed by atoms with Crippen LogP contribution in [-0.2, 0) is 26.9 Å². The molecule has 0 aliphatic carbocycles. The normalized spacial score (nSPS) is 11.0. The minimum atomic E-state index is -4.58. The molecule has 0 bridgehead atoms. The van der Waals surface area contributed by atoms with Gasteiger partial charge in [-0.1, -0.05) is 11.6 Å². The molecule has 1 amide bonds. The maximum atomic E-state index is 12.7. The first-order valence-corrected chi connectivity index (χ1v) is 9.13. The standard InChI is InChI=1S/C19H16ClF3N2O6/c1-2-30-18(27)10-24-17(26)8-11-7-13(4-5-15(11)25(28)29)31-16-6-3-12(9-14(16)20)19(21,22)23/h3-7,9H,2,8,10H2,1H3,(H,24,26). The quantitative estimate of drug-likeness (QED) is 0.358. The molecule has 0 heterocycles. The number of nitrogens with one attached hydrogen (secondary N) is 1. The topological polar surface area (TPSA) is 108 Å². The molecule has 0 saturated carbocycles. The number of nitro benzene ring substituents is 1. The molecule has 0 radical (unpaired) electrons. The van der Waals surface area contributed by atoms with Crippen LogP contribution in [0.15, 0.2) is 36.4 Å². The van der Waals surface area contributed by atoms with Gasteiger partial charge in [-0.05, 0) is 37.3 Å². The minimum Gasteiger partial charge on any atom is -0.465 e. The van der Waals surface area contributed by atoms with Crippen LogP contribution >= 0.6 is 11.6 Å². The Balaban J connectivity index is 2.20. The molecule has 0 unspecified atom stereocenters. The summed E-state index contributed by atoms with van der Waals surface area (Å²) in [6.45, 7) is 1.32. The van der Waals surface area contributed by atoms with Crippen LogP contribution < -0.4 is 10.1 Å². The summed E-state index contributed by atoms with van der Waals surface area (Å²) < 4.78 is 48.3. The second-order valence-corrected chi connectivity index (χ2v) is 6.46. The number of benzene rings is 2. The van der Waals surface area contributed by atoms with E-state index in [9.17, 15) is 32.9 Å². The van der Waals surface area contributed by atoms with E-state index in [-0.39, 0.29) is 34.4 Å². The molecular weight excluding hydrogens is 445 g/mol. The summed E-state index contributed by atoms with van der Waals surface area (Å²) in [7, 11) is 0. The van der Waals surface area contributed by atoms with Crippen molar-refractivity contribution in [2.45, 2.75) is 19.5 Å². The van der Waals surface area contributed by atoms with Crippen LogP contribution in [0.25, 0.3) is 0 Å². The van der Waals surface area contributed by atoms with E-state index in [2.05, 4.69) is 10.1 Å². The second-order valence-electron chi connectivity index (χ2n) is 6.05. The van der Waals surface area contributed by atoms with Crippen molar-refractivity contribution in [1.29, 1.82) is 0 Å². The monoisotopic (exact) mass is 460 g/mol. The highest BCUT2D eigenvalue weighted by molar-refractivity contribution is 6.32. The number of nitrogens with zero attached hydrogens (tertiary/aromatic N) is 1. The lowest BCUT2D eigenvalue weighted by atomic mass is 10.1. The molecule has 0 aliphatic heterocycles. The maximum absolute atomic E-state index is 12.7. The van der Waals surface area contributed by atoms with Gasteiger partial charge in [-0.3, -0.25) is 19.7 Å². The average Bonchev–Trinajstić information content (AvgIpc) is 2.67. The van der Waals surface area contributed by atoms with E-state index >= 15 is 0 Å². The zero-order valence-electron chi connectivity index (χ0n) is 16.0. The van der Waals surface area contributed by atoms with Gasteiger partial charge in [0.05, 0.1) is 28.5 Å². The molecule has 2 aromatic carbocycles. The fourth-order valence-electron chi connectivity index (χ4n) is 2.45. The van der Waals surface area contributed by atoms with Crippen molar-refractivity contribution in [2.24, 2.45) is 0 Å². The summed E-state index contributed by atoms with van der Waals surface area (Å²) in [6.07, 6.45) is -5.03. The number of carbonyl (C=O) groups excluding carboxylic acids is 2. The number of nitro groups is 1. The maximum Gasteiger partial charge on any atom is 0.416 e. The van der Waals surface area contributed by atoms with Crippen LogP contribution in [0.1, 0.15) is 18.1 Å². The zero-order valence-corrected chi connectivity index (χ0v) is 16.7. The number of halogens is 4. The van der Waals surface area contributed by atoms with Crippen LogP contribution in [0, 0.1) is 10.1 Å². The summed E-state index contributed by atoms with van der Waals surface area (Å²) in [5.74, 6) is -1.44. The van der Waals surface area contributed by atoms with Gasteiger partial charge in [0.1, 0.15) is 18.0 Å². The van der Waals surface area contributed by atoms with Crippen molar-refractivity contribution in [2.75, 3.05) is 13.2 Å². The molecule has 1 N–H and O–H groups in total. The number of rotatable bonds is 8. The SMILES string of the molecule is CCOC(=O)CNC(=O)Cc1cc(Oc2ccc(C(F)(F)F)cc2Cl)ccc1[N+](=O)[O-]. The third-order valence-electron chi connectivity index (χ3n) is 3.82. The largest absolute Gasteiger partial charge is 0.465 e. The van der Waals surface area contributed by atoms with E-state index < -0.39 is 41.5 Å². The van der Waals surface area contributed by atoms with Gasteiger partial charge >= 0.3 is 12.1 Å². The number of carbonyl (C=O) groups is 2. The van der Waals surface area contributed by atoms with E-state index in [1.807, 2.05) is 0 Å². The Morgan fingerprint density at radius 2 is 1.90 bits per heavy atom.